The molecule has 2 saturated heterocycles. The number of nitrogens with zero attached hydrogens (tertiary/aromatic N) is 3. The van der Waals surface area contributed by atoms with Crippen molar-refractivity contribution in [2.24, 2.45) is 11.3 Å². The first-order valence-corrected chi connectivity index (χ1v) is 23.1. The molecule has 2 unspecified atom stereocenters. The maximum atomic E-state index is 15.3. The van der Waals surface area contributed by atoms with E-state index in [0.717, 1.165) is 23.6 Å². The lowest BCUT2D eigenvalue weighted by Gasteiger charge is -2.63. The van der Waals surface area contributed by atoms with E-state index in [2.05, 4.69) is 19.1 Å². The monoisotopic (exact) mass is 922 g/mol. The number of rotatable bonds is 10. The first-order chi connectivity index (χ1) is 31.0. The van der Waals surface area contributed by atoms with E-state index in [9.17, 15) is 34.8 Å². The van der Waals surface area contributed by atoms with Crippen LogP contribution in [0, 0.1) is 11.3 Å². The summed E-state index contributed by atoms with van der Waals surface area (Å²) in [5, 5.41) is 55.8. The summed E-state index contributed by atoms with van der Waals surface area (Å²) in [4.78, 5) is 65.8. The molecule has 18 nitrogen and oxygen atoms in total. The van der Waals surface area contributed by atoms with Gasteiger partial charge in [0.2, 0.25) is 12.0 Å². The van der Waals surface area contributed by atoms with Crippen LogP contribution in [0.4, 0.5) is 5.69 Å². The van der Waals surface area contributed by atoms with Crippen LogP contribution < -0.4 is 4.90 Å². The fraction of sp³-hybridized carbons (Fsp3) is 0.565. The zero-order chi connectivity index (χ0) is 46.9. The number of methoxy groups -OCH3 is 1. The molecular weight excluding hydrogens is 865 g/mol. The van der Waals surface area contributed by atoms with Gasteiger partial charge in [0.1, 0.15) is 6.61 Å². The molecule has 3 fully saturated rings. The van der Waals surface area contributed by atoms with Gasteiger partial charge >= 0.3 is 23.3 Å². The van der Waals surface area contributed by atoms with Crippen LogP contribution in [0.15, 0.2) is 48.6 Å². The van der Waals surface area contributed by atoms with Crippen molar-refractivity contribution in [3.63, 3.8) is 0 Å². The molecule has 2 bridgehead atoms. The molecule has 5 aliphatic heterocycles. The van der Waals surface area contributed by atoms with Gasteiger partial charge < -0.3 is 39.8 Å². The molecule has 11 atom stereocenters. The number of amides is 1. The van der Waals surface area contributed by atoms with Gasteiger partial charge in [0.15, 0.2) is 11.9 Å². The van der Waals surface area contributed by atoms with Crippen LogP contribution in [0.25, 0.3) is 10.9 Å². The van der Waals surface area contributed by atoms with Crippen molar-refractivity contribution in [2.75, 3.05) is 51.3 Å². The zero-order valence-electron chi connectivity index (χ0n) is 36.9. The number of Topliss-reactive ketones (excluding diaryl/α,β-unsaturated/α-hetero) is 1. The lowest BCUT2D eigenvalue weighted by Crippen LogP contribution is -2.81. The average Bonchev–Trinajstić information content (AvgIpc) is 3.98. The number of aliphatic hydroxyl groups is 4. The normalized spacial score (nSPS) is 34.9. The zero-order valence-corrected chi connectivity index (χ0v) is 37.7. The highest BCUT2D eigenvalue weighted by Gasteiger charge is 2.81. The lowest BCUT2D eigenvalue weighted by atomic mass is 9.47. The number of carbonyl (C=O) groups is 4. The molecule has 9 rings (SSSR count). The van der Waals surface area contributed by atoms with Crippen molar-refractivity contribution < 1.29 is 67.4 Å². The molecule has 3 aromatic rings. The summed E-state index contributed by atoms with van der Waals surface area (Å²) in [5.41, 5.74) is -3.39. The third kappa shape index (κ3) is 6.87. The Bertz CT molecular complexity index is 2450. The van der Waals surface area contributed by atoms with E-state index in [1.54, 1.807) is 6.07 Å². The predicted molar refractivity (Wildman–Crippen MR) is 235 cm³/mol. The van der Waals surface area contributed by atoms with E-state index >= 15 is 4.79 Å². The Morgan fingerprint density at radius 2 is 1.77 bits per heavy atom. The molecule has 2 aromatic carbocycles. The number of benzene rings is 2. The van der Waals surface area contributed by atoms with Gasteiger partial charge in [-0.1, -0.05) is 50.3 Å². The smallest absolute Gasteiger partial charge is 0.344 e. The number of esters is 2. The van der Waals surface area contributed by atoms with Crippen LogP contribution in [0.5, 0.6) is 0 Å². The van der Waals surface area contributed by atoms with Gasteiger partial charge in [0, 0.05) is 72.3 Å². The van der Waals surface area contributed by atoms with Crippen LogP contribution in [0.2, 0.25) is 0 Å². The number of H-pyrrole nitrogens is 1. The Morgan fingerprint density at radius 1 is 1.03 bits per heavy atom. The van der Waals surface area contributed by atoms with Gasteiger partial charge in [-0.05, 0) is 85.4 Å². The molecule has 1 amide bonds. The van der Waals surface area contributed by atoms with Crippen molar-refractivity contribution in [1.82, 2.24) is 14.8 Å². The molecule has 1 aromatic heterocycles. The predicted octanol–water partition coefficient (Wildman–Crippen LogP) is 2.00. The van der Waals surface area contributed by atoms with E-state index in [1.165, 1.54) is 11.8 Å². The van der Waals surface area contributed by atoms with E-state index < -0.39 is 87.9 Å². The second-order valence-electron chi connectivity index (χ2n) is 18.6. The topological polar surface area (TPSA) is 260 Å². The number of fused-ring (bicyclic) bond motifs is 6. The SMILES string of the molecule is CC[C@]1(O)C[C@H]2CN(CCc3c([nH]c4ccccc34)[C@@](C(=O)CO)(c3cc4c(cc3CO)N(C=O)[C@H]3[C@@](O)(C(=O)OC)[C@H](OC(C)=O)[C@]5(CC)C=CCN6CC[C@]43[C@@H]65)C2)C1.O=S(O)OO. The maximum absolute atomic E-state index is 15.3. The number of aromatic amines is 1. The Labute approximate surface area is 378 Å². The number of carbonyl (C=O) groups excluding carboxylic acids is 4. The molecule has 7 N–H and O–H groups in total. The maximum Gasteiger partial charge on any atom is 0.344 e. The van der Waals surface area contributed by atoms with Gasteiger partial charge in [-0.15, -0.1) is 4.33 Å². The third-order valence-electron chi connectivity index (χ3n) is 15.7. The quantitative estimate of drug-likeness (QED) is 0.0383. The summed E-state index contributed by atoms with van der Waals surface area (Å²) in [7, 11) is 1.15. The molecule has 19 heteroatoms. The van der Waals surface area contributed by atoms with E-state index in [0.29, 0.717) is 99.3 Å². The number of para-hydroxylation sites is 1. The Hall–Kier alpha value is -4.41. The lowest BCUT2D eigenvalue weighted by molar-refractivity contribution is -0.228. The molecule has 6 aliphatic rings. The Morgan fingerprint density at radius 3 is 2.40 bits per heavy atom. The summed E-state index contributed by atoms with van der Waals surface area (Å²) in [6.45, 7) is 6.54. The van der Waals surface area contributed by atoms with Crippen LogP contribution >= 0.6 is 0 Å². The fourth-order valence-electron chi connectivity index (χ4n) is 13.5. The molecule has 0 radical (unpaired) electrons. The van der Waals surface area contributed by atoms with Gasteiger partial charge in [-0.3, -0.25) is 28.7 Å². The van der Waals surface area contributed by atoms with Crippen molar-refractivity contribution >= 4 is 52.1 Å². The first kappa shape index (κ1) is 47.1. The van der Waals surface area contributed by atoms with Gasteiger partial charge in [-0.25, -0.2) is 10.1 Å². The highest BCUT2D eigenvalue weighted by Crippen LogP contribution is 2.68. The number of hydrogen-bond acceptors (Lipinski definition) is 15. The molecular formula is C46H58N4O14S. The number of hydrogen-bond donors (Lipinski definition) is 7. The van der Waals surface area contributed by atoms with Crippen LogP contribution in [-0.4, -0.2) is 149 Å². The molecule has 352 valence electrons. The molecule has 1 aliphatic carbocycles. The molecule has 1 saturated carbocycles. The van der Waals surface area contributed by atoms with Crippen molar-refractivity contribution in [1.29, 1.82) is 0 Å². The minimum absolute atomic E-state index is 0.197. The fourth-order valence-corrected chi connectivity index (χ4v) is 13.5. The van der Waals surface area contributed by atoms with E-state index in [-0.39, 0.29) is 12.3 Å². The summed E-state index contributed by atoms with van der Waals surface area (Å²) >= 11 is -2.52. The highest BCUT2D eigenvalue weighted by atomic mass is 32.2. The minimum atomic E-state index is -2.57. The molecule has 1 spiro atoms. The second-order valence-corrected chi connectivity index (χ2v) is 19.2. The number of anilines is 1. The highest BCUT2D eigenvalue weighted by molar-refractivity contribution is 7.74. The second kappa shape index (κ2) is 17.3. The summed E-state index contributed by atoms with van der Waals surface area (Å²) in [5.74, 6) is -2.46. The van der Waals surface area contributed by atoms with E-state index in [1.807, 2.05) is 56.3 Å². The number of nitrogens with one attached hydrogen (secondary N) is 1. The van der Waals surface area contributed by atoms with Gasteiger partial charge in [0.05, 0.1) is 30.8 Å². The van der Waals surface area contributed by atoms with Crippen molar-refractivity contribution in [3.8, 4) is 0 Å². The third-order valence-corrected chi connectivity index (χ3v) is 15.9. The molecule has 6 heterocycles. The summed E-state index contributed by atoms with van der Waals surface area (Å²) in [6.07, 6.45) is 5.44. The van der Waals surface area contributed by atoms with Gasteiger partial charge in [-0.2, -0.15) is 4.21 Å². The summed E-state index contributed by atoms with van der Waals surface area (Å²) < 4.78 is 30.6. The number of aromatic nitrogens is 1. The number of ketones is 1. The Balaban J connectivity index is 0.00000109. The minimum Gasteiger partial charge on any atom is -0.467 e. The number of ether oxygens (including phenoxy) is 2. The number of piperidine rings is 1. The Kier molecular flexibility index (Phi) is 12.6. The number of aliphatic hydroxyl groups excluding tert-OH is 2. The van der Waals surface area contributed by atoms with Crippen LogP contribution in [0.1, 0.15) is 80.8 Å². The summed E-state index contributed by atoms with van der Waals surface area (Å²) in [6, 6.07) is 9.62. The molecule has 65 heavy (non-hydrogen) atoms. The largest absolute Gasteiger partial charge is 0.467 e. The standard InChI is InChI=1S/C46H56N4O10.H2O4S/c1-5-42(57)20-28-21-45(36(55)24-52,37-31(12-16-48(22-28)25-42)30-10-7-8-11-34(30)47-37)32-19-33-35(18-29(32)23-51)50(26-53)39-44(33)14-17-49-15-9-13-43(6-2,38(44)49)40(60-27(3)54)46(39,58)41(56)59-4;1-4-5(2)3/h7-11,13,18-19,26,28,38-40,47,51-52,57-58H,5-6,12,14-17,20-25H2,1-4H3;1H,(H,2,3)/t28-,38+,39-,40-,42+,43-,44-,45-,46+;/m1./s1. The van der Waals surface area contributed by atoms with E-state index in [4.69, 9.17) is 23.5 Å². The van der Waals surface area contributed by atoms with Crippen LogP contribution in [0.3, 0.4) is 0 Å². The average molecular weight is 923 g/mol. The van der Waals surface area contributed by atoms with Gasteiger partial charge in [0.25, 0.3) is 0 Å². The van der Waals surface area contributed by atoms with Crippen LogP contribution in [-0.2, 0) is 68.2 Å². The first-order valence-electron chi connectivity index (χ1n) is 22.1. The van der Waals surface area contributed by atoms with Crippen molar-refractivity contribution in [3.05, 3.63) is 76.5 Å². The van der Waals surface area contributed by atoms with Crippen molar-refractivity contribution in [2.45, 2.75) is 106 Å².